The van der Waals surface area contributed by atoms with E-state index in [0.29, 0.717) is 12.8 Å². The van der Waals surface area contributed by atoms with Gasteiger partial charge in [-0.05, 0) is 99.1 Å². The van der Waals surface area contributed by atoms with E-state index in [1.54, 1.807) is 0 Å². The number of benzene rings is 1. The molecule has 0 heterocycles. The highest BCUT2D eigenvalue weighted by Crippen LogP contribution is 2.29. The quantitative estimate of drug-likeness (QED) is 0.190. The van der Waals surface area contributed by atoms with Gasteiger partial charge in [0, 0.05) is 15.9 Å². The molecule has 2 fully saturated rings. The van der Waals surface area contributed by atoms with Crippen LogP contribution in [0.15, 0.2) is 24.3 Å². The van der Waals surface area contributed by atoms with E-state index in [9.17, 15) is 19.2 Å². The van der Waals surface area contributed by atoms with Crippen molar-refractivity contribution >= 4 is 46.3 Å². The molecule has 0 bridgehead atoms. The third-order valence-electron chi connectivity index (χ3n) is 9.40. The van der Waals surface area contributed by atoms with Gasteiger partial charge in [0.1, 0.15) is 17.7 Å². The van der Waals surface area contributed by atoms with Crippen molar-refractivity contribution < 1.29 is 28.7 Å². The maximum absolute atomic E-state index is 13.9. The lowest BCUT2D eigenvalue weighted by Gasteiger charge is -2.28. The maximum Gasteiger partial charge on any atom is 0.328 e. The molecule has 4 atom stereocenters. The van der Waals surface area contributed by atoms with E-state index in [-0.39, 0.29) is 35.5 Å². The van der Waals surface area contributed by atoms with Crippen LogP contribution in [-0.2, 0) is 35.1 Å². The van der Waals surface area contributed by atoms with Gasteiger partial charge in [0.2, 0.25) is 11.8 Å². The fourth-order valence-electron chi connectivity index (χ4n) is 6.83. The summed E-state index contributed by atoms with van der Waals surface area (Å²) in [4.78, 5) is 53.3. The third kappa shape index (κ3) is 13.9. The normalized spacial score (nSPS) is 21.8. The summed E-state index contributed by atoms with van der Waals surface area (Å²) in [5, 5.41) is 6.07. The molecule has 2 N–H and O–H groups in total. The van der Waals surface area contributed by atoms with Gasteiger partial charge in [0.05, 0.1) is 13.0 Å². The Hall–Kier alpha value is -2.17. The lowest BCUT2D eigenvalue weighted by molar-refractivity contribution is -0.160. The molecule has 0 aliphatic heterocycles. The van der Waals surface area contributed by atoms with E-state index < -0.39 is 23.7 Å². The number of ether oxygens (including phenoxy) is 2. The van der Waals surface area contributed by atoms with Crippen LogP contribution in [0.25, 0.3) is 0 Å². The topological polar surface area (TPSA) is 111 Å². The standard InChI is InChI=1S/C37H57IN2O6/c1-37(2,3)46-35(43)29-18-12-8-9-14-26(15-13-19-29)25-32(36(44)45-4)40-34(42)31(24-27-20-22-30(38)23-21-27)39-33(41)28-16-10-6-5-7-11-17-28/h20-23,26,28-29,31-32H,5-19,24-25H2,1-4H3,(H,39,41)(H,40,42)/t26?,29?,31-,32+/m1/s1. The molecule has 258 valence electrons. The zero-order chi connectivity index (χ0) is 33.5. The number of hydrogen-bond donors (Lipinski definition) is 2. The first-order chi connectivity index (χ1) is 21.9. The molecule has 2 unspecified atom stereocenters. The average Bonchev–Trinajstić information content (AvgIpc) is 2.98. The van der Waals surface area contributed by atoms with Crippen LogP contribution in [0.2, 0.25) is 0 Å². The molecule has 3 rings (SSSR count). The molecule has 2 aliphatic carbocycles. The van der Waals surface area contributed by atoms with Crippen LogP contribution in [0.4, 0.5) is 0 Å². The van der Waals surface area contributed by atoms with Crippen LogP contribution in [0.3, 0.4) is 0 Å². The molecule has 1 aromatic rings. The molecule has 2 aliphatic rings. The molecule has 8 nitrogen and oxygen atoms in total. The van der Waals surface area contributed by atoms with Gasteiger partial charge in [-0.3, -0.25) is 14.4 Å². The zero-order valence-electron chi connectivity index (χ0n) is 28.5. The molecule has 0 saturated heterocycles. The molecule has 46 heavy (non-hydrogen) atoms. The Morgan fingerprint density at radius 1 is 0.761 bits per heavy atom. The fourth-order valence-corrected chi connectivity index (χ4v) is 7.19. The first-order valence-electron chi connectivity index (χ1n) is 17.6. The number of carbonyl (C=O) groups excluding carboxylic acids is 4. The van der Waals surface area contributed by atoms with E-state index in [2.05, 4.69) is 33.2 Å². The summed E-state index contributed by atoms with van der Waals surface area (Å²) in [6.45, 7) is 5.70. The van der Waals surface area contributed by atoms with Crippen molar-refractivity contribution in [2.24, 2.45) is 17.8 Å². The zero-order valence-corrected chi connectivity index (χ0v) is 30.7. The smallest absolute Gasteiger partial charge is 0.328 e. The Labute approximate surface area is 290 Å². The maximum atomic E-state index is 13.9. The van der Waals surface area contributed by atoms with E-state index in [4.69, 9.17) is 9.47 Å². The number of esters is 2. The van der Waals surface area contributed by atoms with E-state index >= 15 is 0 Å². The summed E-state index contributed by atoms with van der Waals surface area (Å²) in [6.07, 6.45) is 15.2. The van der Waals surface area contributed by atoms with Gasteiger partial charge in [-0.15, -0.1) is 0 Å². The summed E-state index contributed by atoms with van der Waals surface area (Å²) in [6, 6.07) is 6.32. The van der Waals surface area contributed by atoms with Gasteiger partial charge >= 0.3 is 11.9 Å². The van der Waals surface area contributed by atoms with E-state index in [1.165, 1.54) is 13.5 Å². The van der Waals surface area contributed by atoms with Crippen LogP contribution in [0, 0.1) is 21.3 Å². The van der Waals surface area contributed by atoms with E-state index in [0.717, 1.165) is 99.0 Å². The Kier molecular flexibility index (Phi) is 16.3. The summed E-state index contributed by atoms with van der Waals surface area (Å²) in [7, 11) is 1.35. The van der Waals surface area contributed by atoms with Crippen molar-refractivity contribution in [1.82, 2.24) is 10.6 Å². The minimum absolute atomic E-state index is 0.0749. The predicted octanol–water partition coefficient (Wildman–Crippen LogP) is 7.44. The average molecular weight is 753 g/mol. The highest BCUT2D eigenvalue weighted by atomic mass is 127. The van der Waals surface area contributed by atoms with Crippen molar-refractivity contribution in [3.8, 4) is 0 Å². The minimum Gasteiger partial charge on any atom is -0.467 e. The molecule has 2 amide bonds. The second-order valence-electron chi connectivity index (χ2n) is 14.4. The summed E-state index contributed by atoms with van der Waals surface area (Å²) in [5.41, 5.74) is 0.437. The Morgan fingerprint density at radius 3 is 1.93 bits per heavy atom. The SMILES string of the molecule is COC(=O)[C@H](CC1CCCCCC(C(=O)OC(C)(C)C)CCC1)NC(=O)[C@@H](Cc1ccc(I)cc1)NC(=O)C1CCCCCCC1. The van der Waals surface area contributed by atoms with Crippen LogP contribution >= 0.6 is 22.6 Å². The monoisotopic (exact) mass is 752 g/mol. The molecule has 0 aromatic heterocycles. The predicted molar refractivity (Wildman–Crippen MR) is 189 cm³/mol. The highest BCUT2D eigenvalue weighted by molar-refractivity contribution is 14.1. The number of nitrogens with one attached hydrogen (secondary N) is 2. The number of methoxy groups -OCH3 is 1. The van der Waals surface area contributed by atoms with E-state index in [1.807, 2.05) is 45.0 Å². The van der Waals surface area contributed by atoms with Crippen LogP contribution in [0.5, 0.6) is 0 Å². The van der Waals surface area contributed by atoms with Crippen molar-refractivity contribution in [2.45, 2.75) is 148 Å². The number of carbonyl (C=O) groups is 4. The van der Waals surface area contributed by atoms with Crippen LogP contribution in [-0.4, -0.2) is 48.5 Å². The minimum atomic E-state index is -0.815. The number of halogens is 1. The molecule has 2 saturated carbocycles. The number of hydrogen-bond acceptors (Lipinski definition) is 6. The Morgan fingerprint density at radius 2 is 1.30 bits per heavy atom. The number of rotatable bonds is 10. The third-order valence-corrected chi connectivity index (χ3v) is 10.1. The van der Waals surface area contributed by atoms with Gasteiger partial charge in [0.25, 0.3) is 0 Å². The summed E-state index contributed by atoms with van der Waals surface area (Å²) in [5.74, 6) is -1.05. The first-order valence-corrected chi connectivity index (χ1v) is 18.7. The molecule has 9 heteroatoms. The van der Waals surface area contributed by atoms with Gasteiger partial charge in [0.15, 0.2) is 0 Å². The van der Waals surface area contributed by atoms with Crippen LogP contribution < -0.4 is 10.6 Å². The Balaban J connectivity index is 1.70. The summed E-state index contributed by atoms with van der Waals surface area (Å²) < 4.78 is 12.0. The molecular weight excluding hydrogens is 695 g/mol. The fraction of sp³-hybridized carbons (Fsp3) is 0.730. The first kappa shape index (κ1) is 38.3. The van der Waals surface area contributed by atoms with Gasteiger partial charge < -0.3 is 20.1 Å². The summed E-state index contributed by atoms with van der Waals surface area (Å²) >= 11 is 2.25. The van der Waals surface area contributed by atoms with Crippen molar-refractivity contribution in [3.63, 3.8) is 0 Å². The second kappa shape index (κ2) is 19.6. The highest BCUT2D eigenvalue weighted by Gasteiger charge is 2.32. The lowest BCUT2D eigenvalue weighted by atomic mass is 9.84. The second-order valence-corrected chi connectivity index (χ2v) is 15.7. The van der Waals surface area contributed by atoms with Crippen molar-refractivity contribution in [2.75, 3.05) is 7.11 Å². The lowest BCUT2D eigenvalue weighted by Crippen LogP contribution is -2.54. The molecule has 0 spiro atoms. The Bertz CT molecular complexity index is 1110. The molecular formula is C37H57IN2O6. The van der Waals surface area contributed by atoms with Gasteiger partial charge in [-0.25, -0.2) is 4.79 Å². The van der Waals surface area contributed by atoms with Gasteiger partial charge in [-0.2, -0.15) is 0 Å². The molecule has 0 radical (unpaired) electrons. The van der Waals surface area contributed by atoms with Gasteiger partial charge in [-0.1, -0.05) is 82.8 Å². The number of amides is 2. The largest absolute Gasteiger partial charge is 0.467 e. The van der Waals surface area contributed by atoms with Crippen molar-refractivity contribution in [1.29, 1.82) is 0 Å². The molecule has 1 aromatic carbocycles. The van der Waals surface area contributed by atoms with Crippen molar-refractivity contribution in [3.05, 3.63) is 33.4 Å². The van der Waals surface area contributed by atoms with Crippen LogP contribution in [0.1, 0.15) is 129 Å².